The molecule has 1 fully saturated rings. The van der Waals surface area contributed by atoms with Crippen LogP contribution < -0.4 is 11.5 Å². The molecule has 6 N–H and O–H groups in total. The van der Waals surface area contributed by atoms with Gasteiger partial charge in [0, 0.05) is 0 Å². The van der Waals surface area contributed by atoms with E-state index in [9.17, 15) is 15.0 Å². The zero-order chi connectivity index (χ0) is 19.9. The van der Waals surface area contributed by atoms with Crippen molar-refractivity contribution in [2.45, 2.75) is 50.7 Å². The predicted octanol–water partition coefficient (Wildman–Crippen LogP) is -0.826. The van der Waals surface area contributed by atoms with Crippen LogP contribution in [0.3, 0.4) is 0 Å². The minimum absolute atomic E-state index is 0.0833. The molecule has 0 unspecified atom stereocenters. The fourth-order valence-electron chi connectivity index (χ4n) is 3.19. The Labute approximate surface area is 156 Å². The average Bonchev–Trinajstić information content (AvgIpc) is 3.16. The van der Waals surface area contributed by atoms with Crippen LogP contribution in [0.1, 0.15) is 26.5 Å². The van der Waals surface area contributed by atoms with E-state index in [0.717, 1.165) is 0 Å². The number of esters is 1. The van der Waals surface area contributed by atoms with Gasteiger partial charge in [0.2, 0.25) is 0 Å². The number of nitrogens with two attached hydrogens (primary N) is 2. The van der Waals surface area contributed by atoms with Gasteiger partial charge in [0.05, 0.1) is 5.69 Å². The maximum absolute atomic E-state index is 11.9. The molecule has 10 nitrogen and oxygen atoms in total. The van der Waals surface area contributed by atoms with Gasteiger partial charge >= 0.3 is 5.97 Å². The minimum atomic E-state index is -1.29. The summed E-state index contributed by atoms with van der Waals surface area (Å²) in [5, 5.41) is 25.2. The SMILES string of the molecule is CC(C)[C@H](N)C(=O)OC[C@H]1O[C@@](C)(c2ccc3c(N)ncnn23)[C@H](O)[C@@H]1O. The first-order chi connectivity index (χ1) is 12.7. The molecular weight excluding hydrogens is 354 g/mol. The zero-order valence-corrected chi connectivity index (χ0v) is 15.4. The number of carbonyl (C=O) groups is 1. The Morgan fingerprint density at radius 3 is 2.81 bits per heavy atom. The van der Waals surface area contributed by atoms with E-state index in [4.69, 9.17) is 20.9 Å². The Kier molecular flexibility index (Phi) is 5.08. The number of aliphatic hydroxyl groups is 2. The fourth-order valence-corrected chi connectivity index (χ4v) is 3.19. The summed E-state index contributed by atoms with van der Waals surface area (Å²) in [6.45, 7) is 5.01. The molecule has 0 saturated carbocycles. The number of anilines is 1. The Morgan fingerprint density at radius 1 is 1.44 bits per heavy atom. The summed E-state index contributed by atoms with van der Waals surface area (Å²) in [4.78, 5) is 15.9. The van der Waals surface area contributed by atoms with E-state index in [1.54, 1.807) is 32.9 Å². The highest BCUT2D eigenvalue weighted by Gasteiger charge is 2.54. The number of nitrogen functional groups attached to an aromatic ring is 1. The molecule has 1 saturated heterocycles. The monoisotopic (exact) mass is 379 g/mol. The number of hydrogen-bond donors (Lipinski definition) is 4. The largest absolute Gasteiger partial charge is 0.462 e. The molecule has 5 atom stereocenters. The number of nitrogens with zero attached hydrogens (tertiary/aromatic N) is 3. The maximum atomic E-state index is 11.9. The van der Waals surface area contributed by atoms with Crippen molar-refractivity contribution >= 4 is 17.3 Å². The molecule has 1 aliphatic rings. The lowest BCUT2D eigenvalue weighted by molar-refractivity contribution is -0.154. The first kappa shape index (κ1) is 19.5. The number of aliphatic hydroxyl groups excluding tert-OH is 2. The van der Waals surface area contributed by atoms with Crippen molar-refractivity contribution in [3.63, 3.8) is 0 Å². The van der Waals surface area contributed by atoms with Crippen molar-refractivity contribution in [1.29, 1.82) is 0 Å². The molecule has 10 heteroatoms. The summed E-state index contributed by atoms with van der Waals surface area (Å²) in [6, 6.07) is 2.63. The summed E-state index contributed by atoms with van der Waals surface area (Å²) >= 11 is 0. The van der Waals surface area contributed by atoms with Gasteiger partial charge in [-0.05, 0) is 25.0 Å². The van der Waals surface area contributed by atoms with Gasteiger partial charge < -0.3 is 31.2 Å². The number of rotatable bonds is 5. The van der Waals surface area contributed by atoms with Crippen molar-refractivity contribution in [2.24, 2.45) is 11.7 Å². The summed E-state index contributed by atoms with van der Waals surface area (Å²) < 4.78 is 12.6. The van der Waals surface area contributed by atoms with Gasteiger partial charge in [0.25, 0.3) is 0 Å². The smallest absolute Gasteiger partial charge is 0.323 e. The summed E-state index contributed by atoms with van der Waals surface area (Å²) in [5.74, 6) is -0.390. The first-order valence-corrected chi connectivity index (χ1v) is 8.71. The van der Waals surface area contributed by atoms with Gasteiger partial charge in [-0.15, -0.1) is 0 Å². The fraction of sp³-hybridized carbons (Fsp3) is 0.588. The van der Waals surface area contributed by atoms with E-state index in [0.29, 0.717) is 11.2 Å². The molecule has 0 radical (unpaired) electrons. The average molecular weight is 379 g/mol. The summed E-state index contributed by atoms with van der Waals surface area (Å²) in [5.41, 5.74) is 11.4. The molecule has 0 aliphatic carbocycles. The van der Waals surface area contributed by atoms with Crippen LogP contribution in [-0.4, -0.2) is 61.7 Å². The van der Waals surface area contributed by atoms with Gasteiger partial charge in [-0.3, -0.25) is 4.79 Å². The molecule has 0 amide bonds. The van der Waals surface area contributed by atoms with E-state index in [1.165, 1.54) is 10.8 Å². The van der Waals surface area contributed by atoms with Crippen LogP contribution in [-0.2, 0) is 19.9 Å². The standard InChI is InChI=1S/C17H25N5O5/c1-8(2)12(18)16(25)26-6-10-13(23)14(24)17(3,27-10)11-5-4-9-15(19)20-7-21-22(9)11/h4-5,7-8,10,12-14,23-24H,6,18H2,1-3H3,(H2,19,20,21)/t10-,12+,13-,14-,17+/m1/s1. The normalized spacial score (nSPS) is 29.4. The highest BCUT2D eigenvalue weighted by Crippen LogP contribution is 2.40. The first-order valence-electron chi connectivity index (χ1n) is 8.71. The van der Waals surface area contributed by atoms with Crippen molar-refractivity contribution in [2.75, 3.05) is 12.3 Å². The van der Waals surface area contributed by atoms with Crippen LogP contribution in [0.4, 0.5) is 5.82 Å². The number of fused-ring (bicyclic) bond motifs is 1. The zero-order valence-electron chi connectivity index (χ0n) is 15.4. The Balaban J connectivity index is 1.81. The lowest BCUT2D eigenvalue weighted by Gasteiger charge is -2.27. The van der Waals surface area contributed by atoms with Crippen LogP contribution in [0.2, 0.25) is 0 Å². The number of aromatic nitrogens is 3. The van der Waals surface area contributed by atoms with Gasteiger partial charge in [-0.2, -0.15) is 5.10 Å². The topological polar surface area (TPSA) is 158 Å². The molecular formula is C17H25N5O5. The molecule has 2 aromatic heterocycles. The van der Waals surface area contributed by atoms with Gasteiger partial charge in [0.15, 0.2) is 5.82 Å². The molecule has 148 valence electrons. The van der Waals surface area contributed by atoms with Gasteiger partial charge in [-0.1, -0.05) is 13.8 Å². The highest BCUT2D eigenvalue weighted by molar-refractivity contribution is 5.75. The summed E-state index contributed by atoms with van der Waals surface area (Å²) in [6.07, 6.45) is -2.16. The molecule has 2 aromatic rings. The number of hydrogen-bond acceptors (Lipinski definition) is 9. The molecule has 3 heterocycles. The number of carbonyl (C=O) groups excluding carboxylic acids is 1. The second-order valence-corrected chi connectivity index (χ2v) is 7.26. The highest BCUT2D eigenvalue weighted by atomic mass is 16.6. The molecule has 27 heavy (non-hydrogen) atoms. The quantitative estimate of drug-likeness (QED) is 0.487. The van der Waals surface area contributed by atoms with E-state index in [2.05, 4.69) is 10.1 Å². The maximum Gasteiger partial charge on any atom is 0.323 e. The molecule has 0 spiro atoms. The van der Waals surface area contributed by atoms with Crippen molar-refractivity contribution in [3.05, 3.63) is 24.2 Å². The second kappa shape index (κ2) is 7.04. The van der Waals surface area contributed by atoms with Crippen LogP contribution >= 0.6 is 0 Å². The van der Waals surface area contributed by atoms with E-state index in [-0.39, 0.29) is 18.3 Å². The van der Waals surface area contributed by atoms with Crippen LogP contribution in [0, 0.1) is 5.92 Å². The van der Waals surface area contributed by atoms with E-state index in [1.807, 2.05) is 0 Å². The third-order valence-corrected chi connectivity index (χ3v) is 5.04. The molecule has 1 aliphatic heterocycles. The van der Waals surface area contributed by atoms with Crippen LogP contribution in [0.15, 0.2) is 18.5 Å². The van der Waals surface area contributed by atoms with Crippen molar-refractivity contribution in [3.8, 4) is 0 Å². The van der Waals surface area contributed by atoms with Gasteiger partial charge in [-0.25, -0.2) is 9.50 Å². The summed E-state index contributed by atoms with van der Waals surface area (Å²) in [7, 11) is 0. The Hall–Kier alpha value is -2.27. The van der Waals surface area contributed by atoms with E-state index >= 15 is 0 Å². The van der Waals surface area contributed by atoms with Crippen LogP contribution in [0.25, 0.3) is 5.52 Å². The molecule has 0 aromatic carbocycles. The predicted molar refractivity (Wildman–Crippen MR) is 95.4 cm³/mol. The van der Waals surface area contributed by atoms with Gasteiger partial charge in [0.1, 0.15) is 48.4 Å². The minimum Gasteiger partial charge on any atom is -0.462 e. The van der Waals surface area contributed by atoms with E-state index < -0.39 is 35.9 Å². The second-order valence-electron chi connectivity index (χ2n) is 7.26. The third kappa shape index (κ3) is 3.25. The van der Waals surface area contributed by atoms with Crippen LogP contribution in [0.5, 0.6) is 0 Å². The Morgan fingerprint density at radius 2 is 2.15 bits per heavy atom. The lowest BCUT2D eigenvalue weighted by Crippen LogP contribution is -2.41. The molecule has 0 bridgehead atoms. The van der Waals surface area contributed by atoms with Crippen molar-refractivity contribution in [1.82, 2.24) is 14.6 Å². The lowest BCUT2D eigenvalue weighted by atomic mass is 9.93. The Bertz CT molecular complexity index is 840. The third-order valence-electron chi connectivity index (χ3n) is 5.04. The number of ether oxygens (including phenoxy) is 2. The molecule has 3 rings (SSSR count). The van der Waals surface area contributed by atoms with Crippen molar-refractivity contribution < 1.29 is 24.5 Å².